The number of methoxy groups -OCH3 is 1. The van der Waals surface area contributed by atoms with Gasteiger partial charge in [-0.2, -0.15) is 19.8 Å². The van der Waals surface area contributed by atoms with Crippen molar-refractivity contribution in [3.8, 4) is 0 Å². The van der Waals surface area contributed by atoms with E-state index in [4.69, 9.17) is 18.9 Å². The average molecular weight is 609 g/mol. The summed E-state index contributed by atoms with van der Waals surface area (Å²) < 4.78 is 40.5. The first-order valence-electron chi connectivity index (χ1n) is 14.5. The number of alkyl halides is 1. The summed E-state index contributed by atoms with van der Waals surface area (Å²) >= 11 is 0. The first kappa shape index (κ1) is 39.5. The maximum absolute atomic E-state index is 16.2. The van der Waals surface area contributed by atoms with Gasteiger partial charge in [-0.25, -0.2) is 9.18 Å². The number of halogens is 1. The number of hydrogen-bond donors (Lipinski definition) is 1. The van der Waals surface area contributed by atoms with Crippen molar-refractivity contribution in [3.63, 3.8) is 0 Å². The van der Waals surface area contributed by atoms with Crippen LogP contribution in [0.3, 0.4) is 0 Å². The van der Waals surface area contributed by atoms with Crippen LogP contribution in [-0.2, 0) is 47.1 Å². The molecule has 1 heterocycles. The molecule has 0 spiro atoms. The molecule has 1 radical (unpaired) electrons. The van der Waals surface area contributed by atoms with E-state index in [0.717, 1.165) is 13.3 Å². The van der Waals surface area contributed by atoms with E-state index >= 15 is 4.39 Å². The Morgan fingerprint density at radius 3 is 2.17 bits per heavy atom. The number of ketones is 1. The number of hydrogen-bond acceptors (Lipinski definition) is 7. The third-order valence-corrected chi connectivity index (χ3v) is 9.18. The number of esters is 1. The zero-order chi connectivity index (χ0) is 30.3. The molecule has 7 nitrogen and oxygen atoms in total. The molecule has 0 aromatic heterocycles. The number of carbonyl (C=O) groups is 2. The average Bonchev–Trinajstić information content (AvgIpc) is 2.89. The van der Waals surface area contributed by atoms with Crippen molar-refractivity contribution in [2.75, 3.05) is 14.2 Å². The first-order valence-corrected chi connectivity index (χ1v) is 14.5. The molecule has 1 aliphatic heterocycles. The molecule has 0 aromatic rings. The van der Waals surface area contributed by atoms with Crippen LogP contribution < -0.4 is 5.32 Å². The fourth-order valence-corrected chi connectivity index (χ4v) is 5.75. The Bertz CT molecular complexity index is 796. The largest absolute Gasteiger partial charge is 2.00 e. The monoisotopic (exact) mass is 608 g/mol. The van der Waals surface area contributed by atoms with Crippen molar-refractivity contribution >= 4 is 11.8 Å². The molecular formula is C31H56FNO6V. The molecule has 1 fully saturated rings. The molecule has 9 heteroatoms. The van der Waals surface area contributed by atoms with Gasteiger partial charge in [0.15, 0.2) is 12.1 Å². The van der Waals surface area contributed by atoms with Gasteiger partial charge >= 0.3 is 24.5 Å². The van der Waals surface area contributed by atoms with Crippen molar-refractivity contribution in [3.05, 3.63) is 12.8 Å². The molecule has 1 rings (SSSR count). The Morgan fingerprint density at radius 2 is 1.73 bits per heavy atom. The standard InChI is InChI=1S/C31H56FNO6.V/c1-14-17-30(10,36-13)26(39-27-21(6)23(33-12)18-20(5)37-27)22(7)25(34)31(11,32)28(35)38-24(16-3)29(8,9)19(4)15-2;/h14-15,19-24,26-27,33H,16-18H2,1-13H3;/q-2;+2/t19-,20-,21-,22+,23+,24-,26-,27+,30+,31+;/m1./s1. The van der Waals surface area contributed by atoms with Gasteiger partial charge in [-0.05, 0) is 46.1 Å². The molecule has 1 saturated heterocycles. The molecule has 0 unspecified atom stereocenters. The van der Waals surface area contributed by atoms with Crippen LogP contribution in [-0.4, -0.2) is 67.8 Å². The number of ether oxygens (including phenoxy) is 4. The zero-order valence-electron chi connectivity index (χ0n) is 27.2. The molecular weight excluding hydrogens is 552 g/mol. The SMILES string of the molecule is C[CH-]C[C@](C)(OC)[C@H](O[C@@H]1O[C@H](C)C[C@H](NC)[C@H]1C)[C@@H](C)C(=O)[C@](C)(F)C(=O)O[C@H](CC)C(C)(C)[C@H](C)[CH-]C.[V+2]. The van der Waals surface area contributed by atoms with E-state index in [2.05, 4.69) is 5.32 Å². The zero-order valence-corrected chi connectivity index (χ0v) is 28.6. The van der Waals surface area contributed by atoms with E-state index in [9.17, 15) is 9.59 Å². The Hall–Kier alpha value is -0.506. The molecule has 233 valence electrons. The minimum atomic E-state index is -2.87. The van der Waals surface area contributed by atoms with Gasteiger partial charge in [0.05, 0.1) is 17.8 Å². The van der Waals surface area contributed by atoms with E-state index in [-0.39, 0.29) is 42.5 Å². The van der Waals surface area contributed by atoms with Crippen LogP contribution in [0.5, 0.6) is 0 Å². The molecule has 0 saturated carbocycles. The Labute approximate surface area is 255 Å². The Kier molecular flexibility index (Phi) is 16.2. The van der Waals surface area contributed by atoms with Gasteiger partial charge in [0.1, 0.15) is 6.10 Å². The van der Waals surface area contributed by atoms with E-state index in [1.807, 2.05) is 82.2 Å². The normalized spacial score (nSPS) is 27.8. The second kappa shape index (κ2) is 16.4. The molecule has 1 N–H and O–H groups in total. The van der Waals surface area contributed by atoms with Gasteiger partial charge in [-0.15, -0.1) is 6.42 Å². The van der Waals surface area contributed by atoms with E-state index < -0.39 is 52.9 Å². The van der Waals surface area contributed by atoms with Gasteiger partial charge in [-0.3, -0.25) is 4.79 Å². The van der Waals surface area contributed by atoms with Gasteiger partial charge in [0.25, 0.3) is 5.67 Å². The van der Waals surface area contributed by atoms with Crippen LogP contribution in [0.1, 0.15) is 95.4 Å². The summed E-state index contributed by atoms with van der Waals surface area (Å²) in [5.74, 6) is -3.03. The molecule has 0 bridgehead atoms. The van der Waals surface area contributed by atoms with Crippen molar-refractivity contribution in [1.82, 2.24) is 5.32 Å². The maximum atomic E-state index is 16.2. The molecule has 40 heavy (non-hydrogen) atoms. The maximum Gasteiger partial charge on any atom is 2.00 e. The topological polar surface area (TPSA) is 83.1 Å². The fraction of sp³-hybridized carbons (Fsp3) is 0.871. The van der Waals surface area contributed by atoms with Crippen LogP contribution in [0.2, 0.25) is 0 Å². The second-order valence-electron chi connectivity index (χ2n) is 12.4. The van der Waals surface area contributed by atoms with Crippen molar-refractivity contribution in [2.45, 2.75) is 137 Å². The van der Waals surface area contributed by atoms with Gasteiger partial charge in [-0.1, -0.05) is 41.5 Å². The molecule has 0 amide bonds. The van der Waals surface area contributed by atoms with Gasteiger partial charge in [0, 0.05) is 25.0 Å². The number of Topliss-reactive ketones (excluding diaryl/α,β-unsaturated/α-hetero) is 1. The second-order valence-corrected chi connectivity index (χ2v) is 12.4. The molecule has 1 aliphatic rings. The quantitative estimate of drug-likeness (QED) is 0.133. The fourth-order valence-electron chi connectivity index (χ4n) is 5.75. The first-order chi connectivity index (χ1) is 18.0. The van der Waals surface area contributed by atoms with Crippen LogP contribution in [0.15, 0.2) is 0 Å². The predicted molar refractivity (Wildman–Crippen MR) is 153 cm³/mol. The summed E-state index contributed by atoms with van der Waals surface area (Å²) in [6.45, 7) is 20.1. The Morgan fingerprint density at radius 1 is 1.15 bits per heavy atom. The predicted octanol–water partition coefficient (Wildman–Crippen LogP) is 5.89. The van der Waals surface area contributed by atoms with Crippen molar-refractivity contribution in [1.29, 1.82) is 0 Å². The number of nitrogens with one attached hydrogen (secondary N) is 1. The van der Waals surface area contributed by atoms with E-state index in [0.29, 0.717) is 12.8 Å². The summed E-state index contributed by atoms with van der Waals surface area (Å²) in [5.41, 5.74) is -4.27. The van der Waals surface area contributed by atoms with Crippen LogP contribution in [0, 0.1) is 36.0 Å². The summed E-state index contributed by atoms with van der Waals surface area (Å²) in [6.07, 6.45) is 3.55. The van der Waals surface area contributed by atoms with Gasteiger partial charge < -0.3 is 37.1 Å². The van der Waals surface area contributed by atoms with Gasteiger partial charge in [0.2, 0.25) is 0 Å². The molecule has 0 aromatic carbocycles. The minimum absolute atomic E-state index is 0. The minimum Gasteiger partial charge on any atom is -0.459 e. The number of carbonyl (C=O) groups excluding carboxylic acids is 2. The molecule has 10 atom stereocenters. The summed E-state index contributed by atoms with van der Waals surface area (Å²) in [5, 5.41) is 3.32. The number of rotatable bonds is 16. The third-order valence-electron chi connectivity index (χ3n) is 9.18. The summed E-state index contributed by atoms with van der Waals surface area (Å²) in [6, 6.07) is 0.149. The van der Waals surface area contributed by atoms with Crippen LogP contribution >= 0.6 is 0 Å². The summed E-state index contributed by atoms with van der Waals surface area (Å²) in [4.78, 5) is 27.0. The van der Waals surface area contributed by atoms with Crippen molar-refractivity contribution in [2.24, 2.45) is 23.2 Å². The Balaban J connectivity index is 0.0000152. The van der Waals surface area contributed by atoms with E-state index in [1.165, 1.54) is 0 Å². The van der Waals surface area contributed by atoms with Crippen molar-refractivity contribution < 1.29 is 51.5 Å². The molecule has 0 aliphatic carbocycles. The van der Waals surface area contributed by atoms with Crippen LogP contribution in [0.25, 0.3) is 0 Å². The van der Waals surface area contributed by atoms with E-state index in [1.54, 1.807) is 14.0 Å². The smallest absolute Gasteiger partial charge is 0.459 e. The third kappa shape index (κ3) is 9.00. The summed E-state index contributed by atoms with van der Waals surface area (Å²) in [7, 11) is 3.44. The van der Waals surface area contributed by atoms with Crippen LogP contribution in [0.4, 0.5) is 4.39 Å².